The minimum Gasteiger partial charge on any atom is -0.396 e. The van der Waals surface area contributed by atoms with Crippen LogP contribution in [-0.2, 0) is 0 Å². The van der Waals surface area contributed by atoms with Gasteiger partial charge in [-0.2, -0.15) is 11.8 Å². The Morgan fingerprint density at radius 3 is 2.54 bits per heavy atom. The second-order valence-electron chi connectivity index (χ2n) is 3.74. The molecule has 0 aromatic heterocycles. The normalized spacial score (nSPS) is 17.3. The van der Waals surface area contributed by atoms with Crippen molar-refractivity contribution in [2.45, 2.75) is 25.7 Å². The summed E-state index contributed by atoms with van der Waals surface area (Å²) >= 11 is 2.09. The Balaban J connectivity index is 1.68. The molecule has 0 radical (unpaired) electrons. The number of rotatable bonds is 8. The van der Waals surface area contributed by atoms with Gasteiger partial charge in [0.1, 0.15) is 0 Å². The van der Waals surface area contributed by atoms with E-state index in [2.05, 4.69) is 17.1 Å². The van der Waals surface area contributed by atoms with Gasteiger partial charge in [0.25, 0.3) is 0 Å². The molecule has 1 rings (SSSR count). The summed E-state index contributed by atoms with van der Waals surface area (Å²) < 4.78 is 0. The van der Waals surface area contributed by atoms with Crippen LogP contribution in [0.3, 0.4) is 0 Å². The van der Waals surface area contributed by atoms with Gasteiger partial charge in [-0.3, -0.25) is 0 Å². The molecule has 1 saturated heterocycles. The molecule has 3 heteroatoms. The van der Waals surface area contributed by atoms with Crippen molar-refractivity contribution >= 4 is 11.8 Å². The average molecular weight is 203 g/mol. The van der Waals surface area contributed by atoms with Crippen LogP contribution in [0.15, 0.2) is 0 Å². The number of aliphatic hydroxyl groups is 1. The lowest BCUT2D eigenvalue weighted by Gasteiger charge is -2.26. The van der Waals surface area contributed by atoms with E-state index in [-0.39, 0.29) is 0 Å². The first-order chi connectivity index (χ1) is 6.43. The molecule has 0 unspecified atom stereocenters. The maximum atomic E-state index is 8.57. The van der Waals surface area contributed by atoms with Crippen molar-refractivity contribution in [3.63, 3.8) is 0 Å². The molecule has 78 valence electrons. The van der Waals surface area contributed by atoms with E-state index in [4.69, 9.17) is 5.11 Å². The van der Waals surface area contributed by atoms with E-state index in [1.165, 1.54) is 43.9 Å². The zero-order valence-corrected chi connectivity index (χ0v) is 9.11. The first-order valence-corrected chi connectivity index (χ1v) is 6.48. The molecule has 2 nitrogen and oxygen atoms in total. The summed E-state index contributed by atoms with van der Waals surface area (Å²) in [6.07, 6.45) is 4.79. The Morgan fingerprint density at radius 2 is 1.92 bits per heavy atom. The molecule has 1 fully saturated rings. The van der Waals surface area contributed by atoms with Gasteiger partial charge in [0.15, 0.2) is 0 Å². The number of aliphatic hydroxyl groups excluding tert-OH is 1. The lowest BCUT2D eigenvalue weighted by atomic mass is 10.1. The molecule has 0 aromatic rings. The Morgan fingerprint density at radius 1 is 1.15 bits per heavy atom. The predicted molar refractivity (Wildman–Crippen MR) is 59.2 cm³/mol. The zero-order chi connectivity index (χ0) is 9.36. The minimum absolute atomic E-state index is 0.362. The SMILES string of the molecule is OCCCCCCSCC1CNC1. The first-order valence-electron chi connectivity index (χ1n) is 5.33. The molecule has 1 aliphatic rings. The van der Waals surface area contributed by atoms with E-state index in [9.17, 15) is 0 Å². The van der Waals surface area contributed by atoms with Gasteiger partial charge in [-0.1, -0.05) is 12.8 Å². The lowest BCUT2D eigenvalue weighted by molar-refractivity contribution is 0.283. The highest BCUT2D eigenvalue weighted by atomic mass is 32.2. The fourth-order valence-corrected chi connectivity index (χ4v) is 2.53. The number of nitrogens with one attached hydrogen (secondary N) is 1. The molecule has 0 amide bonds. The second kappa shape index (κ2) is 7.65. The largest absolute Gasteiger partial charge is 0.396 e. The van der Waals surface area contributed by atoms with E-state index in [0.717, 1.165) is 12.3 Å². The van der Waals surface area contributed by atoms with Gasteiger partial charge in [0.2, 0.25) is 0 Å². The molecule has 0 aromatic carbocycles. The van der Waals surface area contributed by atoms with Crippen LogP contribution in [0.25, 0.3) is 0 Å². The Bertz CT molecular complexity index is 117. The molecule has 0 atom stereocenters. The predicted octanol–water partition coefficient (Wildman–Crippen LogP) is 1.49. The van der Waals surface area contributed by atoms with Gasteiger partial charge < -0.3 is 10.4 Å². The van der Waals surface area contributed by atoms with Crippen LogP contribution in [0.1, 0.15) is 25.7 Å². The quantitative estimate of drug-likeness (QED) is 0.586. The fraction of sp³-hybridized carbons (Fsp3) is 1.00. The molecule has 1 aliphatic heterocycles. The highest BCUT2D eigenvalue weighted by molar-refractivity contribution is 7.99. The number of hydrogen-bond acceptors (Lipinski definition) is 3. The van der Waals surface area contributed by atoms with Gasteiger partial charge in [-0.05, 0) is 43.4 Å². The van der Waals surface area contributed by atoms with Crippen LogP contribution in [0, 0.1) is 5.92 Å². The molecule has 2 N–H and O–H groups in total. The van der Waals surface area contributed by atoms with Crippen molar-refractivity contribution in [2.24, 2.45) is 5.92 Å². The monoisotopic (exact) mass is 203 g/mol. The standard InChI is InChI=1S/C10H21NOS/c12-5-3-1-2-4-6-13-9-10-7-11-8-10/h10-12H,1-9H2. The third kappa shape index (κ3) is 5.55. The van der Waals surface area contributed by atoms with E-state index < -0.39 is 0 Å². The van der Waals surface area contributed by atoms with Crippen LogP contribution in [0.2, 0.25) is 0 Å². The van der Waals surface area contributed by atoms with E-state index >= 15 is 0 Å². The van der Waals surface area contributed by atoms with Crippen molar-refractivity contribution in [3.05, 3.63) is 0 Å². The average Bonchev–Trinajstić information content (AvgIpc) is 2.07. The highest BCUT2D eigenvalue weighted by Crippen LogP contribution is 2.14. The molecule has 13 heavy (non-hydrogen) atoms. The fourth-order valence-electron chi connectivity index (χ4n) is 1.39. The summed E-state index contributed by atoms with van der Waals surface area (Å²) in [5, 5.41) is 11.9. The summed E-state index contributed by atoms with van der Waals surface area (Å²) in [6.45, 7) is 2.83. The topological polar surface area (TPSA) is 32.3 Å². The summed E-state index contributed by atoms with van der Waals surface area (Å²) in [5.41, 5.74) is 0. The van der Waals surface area contributed by atoms with E-state index in [0.29, 0.717) is 6.61 Å². The highest BCUT2D eigenvalue weighted by Gasteiger charge is 2.15. The van der Waals surface area contributed by atoms with Gasteiger partial charge in [-0.25, -0.2) is 0 Å². The molecular formula is C10H21NOS. The number of unbranched alkanes of at least 4 members (excludes halogenated alkanes) is 3. The maximum Gasteiger partial charge on any atom is 0.0431 e. The number of thioether (sulfide) groups is 1. The summed E-state index contributed by atoms with van der Waals surface area (Å²) in [7, 11) is 0. The van der Waals surface area contributed by atoms with Crippen molar-refractivity contribution < 1.29 is 5.11 Å². The van der Waals surface area contributed by atoms with Gasteiger partial charge in [-0.15, -0.1) is 0 Å². The van der Waals surface area contributed by atoms with Crippen molar-refractivity contribution in [3.8, 4) is 0 Å². The smallest absolute Gasteiger partial charge is 0.0431 e. The van der Waals surface area contributed by atoms with Crippen LogP contribution < -0.4 is 5.32 Å². The van der Waals surface area contributed by atoms with Crippen LogP contribution in [0.4, 0.5) is 0 Å². The van der Waals surface area contributed by atoms with E-state index in [1.807, 2.05) is 0 Å². The summed E-state index contributed by atoms with van der Waals surface area (Å²) in [4.78, 5) is 0. The summed E-state index contributed by atoms with van der Waals surface area (Å²) in [5.74, 6) is 3.59. The Kier molecular flexibility index (Phi) is 6.68. The van der Waals surface area contributed by atoms with Gasteiger partial charge >= 0.3 is 0 Å². The molecule has 0 spiro atoms. The van der Waals surface area contributed by atoms with Crippen molar-refractivity contribution in [2.75, 3.05) is 31.2 Å². The van der Waals surface area contributed by atoms with Crippen LogP contribution >= 0.6 is 11.8 Å². The van der Waals surface area contributed by atoms with Crippen molar-refractivity contribution in [1.82, 2.24) is 5.32 Å². The first kappa shape index (κ1) is 11.3. The lowest BCUT2D eigenvalue weighted by Crippen LogP contribution is -2.43. The Hall–Kier alpha value is 0.270. The molecule has 0 saturated carbocycles. The van der Waals surface area contributed by atoms with Gasteiger partial charge in [0, 0.05) is 6.61 Å². The minimum atomic E-state index is 0.362. The third-order valence-corrected chi connectivity index (χ3v) is 3.70. The van der Waals surface area contributed by atoms with E-state index in [1.54, 1.807) is 0 Å². The molecular weight excluding hydrogens is 182 g/mol. The van der Waals surface area contributed by atoms with Gasteiger partial charge in [0.05, 0.1) is 0 Å². The second-order valence-corrected chi connectivity index (χ2v) is 4.89. The summed E-state index contributed by atoms with van der Waals surface area (Å²) in [6, 6.07) is 0. The molecule has 0 bridgehead atoms. The van der Waals surface area contributed by atoms with Crippen LogP contribution in [0.5, 0.6) is 0 Å². The zero-order valence-electron chi connectivity index (χ0n) is 8.30. The number of hydrogen-bond donors (Lipinski definition) is 2. The Labute approximate surface area is 85.5 Å². The molecule has 1 heterocycles. The third-order valence-electron chi connectivity index (χ3n) is 2.42. The molecule has 0 aliphatic carbocycles. The maximum absolute atomic E-state index is 8.57. The van der Waals surface area contributed by atoms with Crippen LogP contribution in [-0.4, -0.2) is 36.3 Å². The van der Waals surface area contributed by atoms with Crippen molar-refractivity contribution in [1.29, 1.82) is 0 Å².